The highest BCUT2D eigenvalue weighted by molar-refractivity contribution is 9.10. The summed E-state index contributed by atoms with van der Waals surface area (Å²) in [6.07, 6.45) is 1.17. The maximum atomic E-state index is 13.4. The molecule has 1 aromatic heterocycles. The van der Waals surface area contributed by atoms with E-state index in [1.54, 1.807) is 13.8 Å². The van der Waals surface area contributed by atoms with E-state index >= 15 is 0 Å². The number of hydrogen-bond acceptors (Lipinski definition) is 8. The van der Waals surface area contributed by atoms with E-state index in [1.807, 2.05) is 0 Å². The molecule has 0 unspecified atom stereocenters. The molecule has 3 rings (SSSR count). The number of aliphatic hydroxyl groups is 1. The zero-order chi connectivity index (χ0) is 24.9. The Hall–Kier alpha value is -2.78. The fraction of sp³-hybridized carbons (Fsp3) is 0.474. The van der Waals surface area contributed by atoms with Gasteiger partial charge in [0.2, 0.25) is 11.8 Å². The molecule has 0 saturated heterocycles. The second kappa shape index (κ2) is 10.7. The maximum absolute atomic E-state index is 13.4. The Morgan fingerprint density at radius 2 is 2.06 bits per heavy atom. The highest BCUT2D eigenvalue weighted by Gasteiger charge is 2.36. The Kier molecular flexibility index (Phi) is 8.09. The van der Waals surface area contributed by atoms with Gasteiger partial charge in [0.1, 0.15) is 5.82 Å². The van der Waals surface area contributed by atoms with Crippen molar-refractivity contribution < 1.29 is 22.5 Å². The number of nitrogens with zero attached hydrogens (tertiary/aromatic N) is 3. The Balaban J connectivity index is 1.56. The Morgan fingerprint density at radius 3 is 2.71 bits per heavy atom. The SMILES string of the molecule is CC(C)(O)CN/C(=N\S(=O)(=O)C1CC1)NCCNc1nonc1C(=N)Nc1ccc(F)c(Br)c1. The average Bonchev–Trinajstić information content (AvgIpc) is 3.51. The van der Waals surface area contributed by atoms with Gasteiger partial charge in [-0.1, -0.05) is 0 Å². The van der Waals surface area contributed by atoms with Crippen LogP contribution in [0.1, 0.15) is 32.4 Å². The first-order chi connectivity index (χ1) is 15.9. The van der Waals surface area contributed by atoms with E-state index in [1.165, 1.54) is 18.2 Å². The Bertz CT molecular complexity index is 1160. The lowest BCUT2D eigenvalue weighted by atomic mass is 10.1. The summed E-state index contributed by atoms with van der Waals surface area (Å²) >= 11 is 3.09. The second-order valence-corrected chi connectivity index (χ2v) is 11.0. The van der Waals surface area contributed by atoms with Crippen LogP contribution in [-0.2, 0) is 10.0 Å². The van der Waals surface area contributed by atoms with E-state index < -0.39 is 26.7 Å². The van der Waals surface area contributed by atoms with E-state index in [9.17, 15) is 17.9 Å². The van der Waals surface area contributed by atoms with Crippen LogP contribution in [0.4, 0.5) is 15.9 Å². The molecule has 1 aliphatic carbocycles. The van der Waals surface area contributed by atoms with Crippen molar-refractivity contribution in [1.29, 1.82) is 5.41 Å². The predicted octanol–water partition coefficient (Wildman–Crippen LogP) is 1.62. The van der Waals surface area contributed by atoms with Crippen molar-refractivity contribution in [2.45, 2.75) is 37.5 Å². The third kappa shape index (κ3) is 7.63. The molecule has 0 aliphatic heterocycles. The monoisotopic (exact) mass is 560 g/mol. The van der Waals surface area contributed by atoms with Gasteiger partial charge in [0, 0.05) is 25.3 Å². The van der Waals surface area contributed by atoms with Crippen LogP contribution in [0.3, 0.4) is 0 Å². The number of anilines is 2. The third-order valence-electron chi connectivity index (χ3n) is 4.48. The molecule has 0 radical (unpaired) electrons. The number of amidine groups is 1. The summed E-state index contributed by atoms with van der Waals surface area (Å²) < 4.78 is 46.6. The second-order valence-electron chi connectivity index (χ2n) is 8.26. The van der Waals surface area contributed by atoms with Gasteiger partial charge in [-0.25, -0.2) is 17.4 Å². The normalized spacial score (nSPS) is 14.6. The molecule has 1 heterocycles. The van der Waals surface area contributed by atoms with Gasteiger partial charge in [-0.2, -0.15) is 0 Å². The van der Waals surface area contributed by atoms with Crippen molar-refractivity contribution in [3.05, 3.63) is 34.2 Å². The van der Waals surface area contributed by atoms with Gasteiger partial charge in [0.05, 0.1) is 15.3 Å². The van der Waals surface area contributed by atoms with Crippen molar-refractivity contribution in [1.82, 2.24) is 20.9 Å². The van der Waals surface area contributed by atoms with Gasteiger partial charge in [-0.05, 0) is 71.1 Å². The maximum Gasteiger partial charge on any atom is 0.259 e. The van der Waals surface area contributed by atoms with Crippen LogP contribution in [0.25, 0.3) is 0 Å². The first-order valence-corrected chi connectivity index (χ1v) is 12.7. The molecule has 34 heavy (non-hydrogen) atoms. The Labute approximate surface area is 204 Å². The van der Waals surface area contributed by atoms with Gasteiger partial charge in [0.15, 0.2) is 11.5 Å². The minimum atomic E-state index is -3.63. The van der Waals surface area contributed by atoms with E-state index in [0.29, 0.717) is 18.5 Å². The molecule has 186 valence electrons. The number of guanidine groups is 1. The van der Waals surface area contributed by atoms with E-state index in [0.717, 1.165) is 0 Å². The minimum absolute atomic E-state index is 0.0330. The topological polar surface area (TPSA) is 178 Å². The fourth-order valence-corrected chi connectivity index (χ4v) is 4.25. The molecule has 0 spiro atoms. The molecular formula is C19H26BrFN8O4S. The first-order valence-electron chi connectivity index (χ1n) is 10.4. The van der Waals surface area contributed by atoms with E-state index in [4.69, 9.17) is 10.0 Å². The lowest BCUT2D eigenvalue weighted by Gasteiger charge is -2.20. The number of aromatic nitrogens is 2. The van der Waals surface area contributed by atoms with Crippen molar-refractivity contribution >= 4 is 49.3 Å². The molecule has 0 bridgehead atoms. The predicted molar refractivity (Wildman–Crippen MR) is 129 cm³/mol. The molecule has 15 heteroatoms. The van der Waals surface area contributed by atoms with Crippen molar-refractivity contribution in [2.24, 2.45) is 4.40 Å². The average molecular weight is 561 g/mol. The molecular weight excluding hydrogens is 535 g/mol. The smallest absolute Gasteiger partial charge is 0.259 e. The van der Waals surface area contributed by atoms with Gasteiger partial charge >= 0.3 is 0 Å². The minimum Gasteiger partial charge on any atom is -0.389 e. The van der Waals surface area contributed by atoms with Crippen LogP contribution in [-0.4, -0.2) is 66.1 Å². The lowest BCUT2D eigenvalue weighted by molar-refractivity contribution is 0.0847. The van der Waals surface area contributed by atoms with E-state index in [2.05, 4.69) is 51.9 Å². The molecule has 2 aromatic rings. The van der Waals surface area contributed by atoms with Crippen LogP contribution in [0.2, 0.25) is 0 Å². The Morgan fingerprint density at radius 1 is 1.32 bits per heavy atom. The molecule has 12 nitrogen and oxygen atoms in total. The number of hydrogen-bond donors (Lipinski definition) is 6. The van der Waals surface area contributed by atoms with Gasteiger partial charge in [-0.3, -0.25) is 5.41 Å². The van der Waals surface area contributed by atoms with Crippen molar-refractivity contribution in [3.8, 4) is 0 Å². The molecule has 0 atom stereocenters. The molecule has 6 N–H and O–H groups in total. The number of nitrogens with one attached hydrogen (secondary N) is 5. The molecule has 0 amide bonds. The zero-order valence-corrected chi connectivity index (χ0v) is 20.9. The van der Waals surface area contributed by atoms with Crippen molar-refractivity contribution in [2.75, 3.05) is 30.3 Å². The highest BCUT2D eigenvalue weighted by atomic mass is 79.9. The lowest BCUT2D eigenvalue weighted by Crippen LogP contribution is -2.46. The summed E-state index contributed by atoms with van der Waals surface area (Å²) in [6.45, 7) is 3.74. The number of sulfonamides is 1. The molecule has 1 aliphatic rings. The van der Waals surface area contributed by atoms with Crippen LogP contribution < -0.4 is 21.3 Å². The van der Waals surface area contributed by atoms with E-state index in [-0.39, 0.29) is 47.4 Å². The number of benzene rings is 1. The van der Waals surface area contributed by atoms with Gasteiger partial charge in [-0.15, -0.1) is 4.40 Å². The molecule has 1 aromatic carbocycles. The first kappa shape index (κ1) is 25.8. The van der Waals surface area contributed by atoms with Crippen LogP contribution in [0.5, 0.6) is 0 Å². The molecule has 1 fully saturated rings. The zero-order valence-electron chi connectivity index (χ0n) is 18.5. The number of halogens is 2. The number of rotatable bonds is 10. The van der Waals surface area contributed by atoms with Crippen molar-refractivity contribution in [3.63, 3.8) is 0 Å². The highest BCUT2D eigenvalue weighted by Crippen LogP contribution is 2.29. The van der Waals surface area contributed by atoms with Gasteiger partial charge < -0.3 is 26.4 Å². The summed E-state index contributed by atoms with van der Waals surface area (Å²) in [4.78, 5) is 0. The quantitative estimate of drug-likeness (QED) is 0.142. The summed E-state index contributed by atoms with van der Waals surface area (Å²) in [5.74, 6) is -0.334. The van der Waals surface area contributed by atoms with Gasteiger partial charge in [0.25, 0.3) is 10.0 Å². The molecule has 1 saturated carbocycles. The standard InChI is InChI=1S/C19H26BrFN8O4S/c1-19(2,30)10-25-18(29-34(31,32)12-4-5-12)24-8-7-23-17-15(27-33-28-17)16(22)26-11-3-6-14(21)13(20)9-11/h3,6,9,12,30H,4-5,7-8,10H2,1-2H3,(H2,22,26)(H,23,28)(H2,24,25,29). The summed E-state index contributed by atoms with van der Waals surface area (Å²) in [5.41, 5.74) is -0.506. The fourth-order valence-electron chi connectivity index (χ4n) is 2.60. The largest absolute Gasteiger partial charge is 0.389 e. The third-order valence-corrected chi connectivity index (χ3v) is 6.84. The van der Waals surface area contributed by atoms with Crippen LogP contribution >= 0.6 is 15.9 Å². The van der Waals surface area contributed by atoms with Crippen LogP contribution in [0.15, 0.2) is 31.7 Å². The summed E-state index contributed by atoms with van der Waals surface area (Å²) in [6, 6.07) is 4.20. The van der Waals surface area contributed by atoms with Crippen LogP contribution in [0, 0.1) is 11.2 Å². The summed E-state index contributed by atoms with van der Waals surface area (Å²) in [7, 11) is -3.63. The summed E-state index contributed by atoms with van der Waals surface area (Å²) in [5, 5.41) is 36.5.